The minimum absolute atomic E-state index is 0.153. The highest BCUT2D eigenvalue weighted by molar-refractivity contribution is 5.96. The summed E-state index contributed by atoms with van der Waals surface area (Å²) in [4.78, 5) is 36.3. The van der Waals surface area contributed by atoms with E-state index in [0.29, 0.717) is 16.6 Å². The molecule has 0 radical (unpaired) electrons. The van der Waals surface area contributed by atoms with Crippen LogP contribution in [0, 0.1) is 0 Å². The zero-order valence-corrected chi connectivity index (χ0v) is 18.1. The van der Waals surface area contributed by atoms with Crippen LogP contribution in [-0.2, 0) is 9.53 Å². The molecule has 0 saturated carbocycles. The molecular formula is C27H23N3O3. The molecule has 5 rings (SSSR count). The quantitative estimate of drug-likeness (QED) is 0.422. The molecule has 0 unspecified atom stereocenters. The second-order valence-electron chi connectivity index (χ2n) is 8.02. The first-order chi connectivity index (χ1) is 16.2. The van der Waals surface area contributed by atoms with E-state index in [4.69, 9.17) is 14.7 Å². The van der Waals surface area contributed by atoms with Crippen molar-refractivity contribution < 1.29 is 14.3 Å². The SMILES string of the molecule is O=C(OCC(=O)N1CCCC1)c1ccc2nc(-c3ccccc3)c(-c3ccccc3)nc2c1. The highest BCUT2D eigenvalue weighted by Gasteiger charge is 2.20. The third-order valence-electron chi connectivity index (χ3n) is 5.78. The van der Waals surface area contributed by atoms with Gasteiger partial charge in [0.1, 0.15) is 0 Å². The maximum Gasteiger partial charge on any atom is 0.338 e. The van der Waals surface area contributed by atoms with Crippen molar-refractivity contribution in [3.05, 3.63) is 84.4 Å². The van der Waals surface area contributed by atoms with E-state index in [9.17, 15) is 9.59 Å². The van der Waals surface area contributed by atoms with Gasteiger partial charge in [-0.1, -0.05) is 60.7 Å². The number of aromatic nitrogens is 2. The van der Waals surface area contributed by atoms with Crippen LogP contribution in [0.3, 0.4) is 0 Å². The standard InChI is InChI=1S/C27H23N3O3/c31-24(30-15-7-8-16-30)18-33-27(32)21-13-14-22-23(17-21)29-26(20-11-5-2-6-12-20)25(28-22)19-9-3-1-4-10-19/h1-6,9-14,17H,7-8,15-16,18H2. The van der Waals surface area contributed by atoms with Crippen LogP contribution in [0.4, 0.5) is 0 Å². The molecule has 1 amide bonds. The largest absolute Gasteiger partial charge is 0.452 e. The average Bonchev–Trinajstić information content (AvgIpc) is 3.42. The Balaban J connectivity index is 1.47. The Kier molecular flexibility index (Phi) is 5.81. The minimum Gasteiger partial charge on any atom is -0.452 e. The summed E-state index contributed by atoms with van der Waals surface area (Å²) in [5.41, 5.74) is 5.04. The molecule has 6 heteroatoms. The number of hydrogen-bond donors (Lipinski definition) is 0. The van der Waals surface area contributed by atoms with Gasteiger partial charge < -0.3 is 9.64 Å². The Bertz CT molecular complexity index is 1300. The first-order valence-corrected chi connectivity index (χ1v) is 11.1. The van der Waals surface area contributed by atoms with Crippen molar-refractivity contribution in [1.29, 1.82) is 0 Å². The van der Waals surface area contributed by atoms with Crippen LogP contribution in [-0.4, -0.2) is 46.4 Å². The zero-order valence-electron chi connectivity index (χ0n) is 18.1. The van der Waals surface area contributed by atoms with E-state index in [0.717, 1.165) is 48.4 Å². The lowest BCUT2D eigenvalue weighted by Gasteiger charge is -2.15. The maximum absolute atomic E-state index is 12.6. The maximum atomic E-state index is 12.6. The number of amides is 1. The molecule has 3 aromatic carbocycles. The van der Waals surface area contributed by atoms with Gasteiger partial charge in [0.2, 0.25) is 0 Å². The number of carbonyl (C=O) groups is 2. The van der Waals surface area contributed by atoms with Gasteiger partial charge in [-0.05, 0) is 31.0 Å². The molecule has 0 bridgehead atoms. The van der Waals surface area contributed by atoms with Crippen molar-refractivity contribution in [2.45, 2.75) is 12.8 Å². The summed E-state index contributed by atoms with van der Waals surface area (Å²) in [7, 11) is 0. The van der Waals surface area contributed by atoms with Gasteiger partial charge in [-0.2, -0.15) is 0 Å². The first-order valence-electron chi connectivity index (χ1n) is 11.1. The van der Waals surface area contributed by atoms with Crippen molar-refractivity contribution in [2.24, 2.45) is 0 Å². The van der Waals surface area contributed by atoms with Gasteiger partial charge in [0.05, 0.1) is 28.0 Å². The number of carbonyl (C=O) groups excluding carboxylic acids is 2. The van der Waals surface area contributed by atoms with Gasteiger partial charge in [-0.15, -0.1) is 0 Å². The lowest BCUT2D eigenvalue weighted by atomic mass is 10.0. The Morgan fingerprint density at radius 2 is 1.33 bits per heavy atom. The lowest BCUT2D eigenvalue weighted by Crippen LogP contribution is -2.32. The van der Waals surface area contributed by atoms with Gasteiger partial charge in [-0.3, -0.25) is 4.79 Å². The van der Waals surface area contributed by atoms with E-state index in [1.54, 1.807) is 23.1 Å². The molecule has 2 heterocycles. The van der Waals surface area contributed by atoms with Crippen molar-refractivity contribution >= 4 is 22.9 Å². The molecular weight excluding hydrogens is 414 g/mol. The normalized spacial score (nSPS) is 13.3. The van der Waals surface area contributed by atoms with E-state index in [1.807, 2.05) is 60.7 Å². The molecule has 4 aromatic rings. The third-order valence-corrected chi connectivity index (χ3v) is 5.78. The van der Waals surface area contributed by atoms with Crippen LogP contribution >= 0.6 is 0 Å². The molecule has 0 N–H and O–H groups in total. The number of likely N-dealkylation sites (tertiary alicyclic amines) is 1. The van der Waals surface area contributed by atoms with Gasteiger partial charge in [0, 0.05) is 24.2 Å². The zero-order chi connectivity index (χ0) is 22.6. The van der Waals surface area contributed by atoms with E-state index in [1.165, 1.54) is 0 Å². The minimum atomic E-state index is -0.542. The fourth-order valence-corrected chi connectivity index (χ4v) is 4.04. The molecule has 6 nitrogen and oxygen atoms in total. The summed E-state index contributed by atoms with van der Waals surface area (Å²) in [5.74, 6) is -0.694. The fourth-order valence-electron chi connectivity index (χ4n) is 4.04. The van der Waals surface area contributed by atoms with Gasteiger partial charge in [0.25, 0.3) is 5.91 Å². The molecule has 1 saturated heterocycles. The topological polar surface area (TPSA) is 72.4 Å². The predicted molar refractivity (Wildman–Crippen MR) is 127 cm³/mol. The van der Waals surface area contributed by atoms with Crippen LogP contribution in [0.5, 0.6) is 0 Å². The molecule has 33 heavy (non-hydrogen) atoms. The highest BCUT2D eigenvalue weighted by atomic mass is 16.5. The van der Waals surface area contributed by atoms with Crippen LogP contribution in [0.2, 0.25) is 0 Å². The van der Waals surface area contributed by atoms with Crippen LogP contribution in [0.25, 0.3) is 33.5 Å². The van der Waals surface area contributed by atoms with E-state index >= 15 is 0 Å². The van der Waals surface area contributed by atoms with Crippen molar-refractivity contribution in [3.8, 4) is 22.5 Å². The Morgan fingerprint density at radius 3 is 1.94 bits per heavy atom. The number of rotatable bonds is 5. The molecule has 1 aliphatic heterocycles. The average molecular weight is 437 g/mol. The van der Waals surface area contributed by atoms with Gasteiger partial charge in [-0.25, -0.2) is 14.8 Å². The molecule has 1 fully saturated rings. The summed E-state index contributed by atoms with van der Waals surface area (Å²) in [6, 6.07) is 24.9. The Hall–Kier alpha value is -4.06. The third kappa shape index (κ3) is 4.46. The fraction of sp³-hybridized carbons (Fsp3) is 0.185. The second-order valence-corrected chi connectivity index (χ2v) is 8.02. The predicted octanol–water partition coefficient (Wildman–Crippen LogP) is 4.74. The number of hydrogen-bond acceptors (Lipinski definition) is 5. The van der Waals surface area contributed by atoms with Gasteiger partial charge >= 0.3 is 5.97 Å². The van der Waals surface area contributed by atoms with E-state index < -0.39 is 5.97 Å². The molecule has 164 valence electrons. The van der Waals surface area contributed by atoms with E-state index in [-0.39, 0.29) is 12.5 Å². The summed E-state index contributed by atoms with van der Waals surface area (Å²) in [6.45, 7) is 1.21. The number of fused-ring (bicyclic) bond motifs is 1. The number of ether oxygens (including phenoxy) is 1. The smallest absolute Gasteiger partial charge is 0.338 e. The number of esters is 1. The number of nitrogens with zero attached hydrogens (tertiary/aromatic N) is 3. The Morgan fingerprint density at radius 1 is 0.758 bits per heavy atom. The van der Waals surface area contributed by atoms with Gasteiger partial charge in [0.15, 0.2) is 6.61 Å². The van der Waals surface area contributed by atoms with Crippen molar-refractivity contribution in [3.63, 3.8) is 0 Å². The van der Waals surface area contributed by atoms with Crippen molar-refractivity contribution in [1.82, 2.24) is 14.9 Å². The summed E-state index contributed by atoms with van der Waals surface area (Å²) >= 11 is 0. The second kappa shape index (κ2) is 9.20. The van der Waals surface area contributed by atoms with Crippen molar-refractivity contribution in [2.75, 3.05) is 19.7 Å². The molecule has 1 aliphatic rings. The Labute approximate surface area is 191 Å². The molecule has 1 aromatic heterocycles. The van der Waals surface area contributed by atoms with E-state index in [2.05, 4.69) is 0 Å². The molecule has 0 aliphatic carbocycles. The number of benzene rings is 3. The summed E-state index contributed by atoms with van der Waals surface area (Å²) in [5, 5.41) is 0. The summed E-state index contributed by atoms with van der Waals surface area (Å²) in [6.07, 6.45) is 2.00. The highest BCUT2D eigenvalue weighted by Crippen LogP contribution is 2.31. The first kappa shape index (κ1) is 20.8. The molecule has 0 atom stereocenters. The monoisotopic (exact) mass is 437 g/mol. The van der Waals surface area contributed by atoms with Crippen LogP contribution < -0.4 is 0 Å². The summed E-state index contributed by atoms with van der Waals surface area (Å²) < 4.78 is 5.28. The molecule has 0 spiro atoms. The lowest BCUT2D eigenvalue weighted by molar-refractivity contribution is -0.133. The van der Waals surface area contributed by atoms with Crippen LogP contribution in [0.1, 0.15) is 23.2 Å². The van der Waals surface area contributed by atoms with Crippen LogP contribution in [0.15, 0.2) is 78.9 Å².